The topological polar surface area (TPSA) is 61.3 Å². The normalized spacial score (nSPS) is 15.9. The number of likely N-dealkylation sites (tertiary alicyclic amines) is 1. The third-order valence-electron chi connectivity index (χ3n) is 5.08. The Hall–Kier alpha value is -2.34. The molecule has 134 valence electrons. The molecule has 1 N–H and O–H groups in total. The van der Waals surface area contributed by atoms with Crippen molar-refractivity contribution in [2.45, 2.75) is 31.8 Å². The van der Waals surface area contributed by atoms with Crippen molar-refractivity contribution in [1.82, 2.24) is 19.4 Å². The number of allylic oxidation sites excluding steroid dienone is 1. The average molecular weight is 342 g/mol. The van der Waals surface area contributed by atoms with Gasteiger partial charge in [0.2, 0.25) is 0 Å². The minimum absolute atomic E-state index is 0.00848. The number of hydrogen-bond donors (Lipinski definition) is 1. The monoisotopic (exact) mass is 342 g/mol. The summed E-state index contributed by atoms with van der Waals surface area (Å²) in [5.74, 6) is 0.00848. The van der Waals surface area contributed by atoms with Gasteiger partial charge in [-0.3, -0.25) is 9.59 Å². The van der Waals surface area contributed by atoms with Crippen LogP contribution in [0.5, 0.6) is 0 Å². The molecule has 0 unspecified atom stereocenters. The molecule has 2 aromatic heterocycles. The lowest BCUT2D eigenvalue weighted by Crippen LogP contribution is -2.44. The first-order chi connectivity index (χ1) is 12.0. The highest BCUT2D eigenvalue weighted by Gasteiger charge is 2.26. The van der Waals surface area contributed by atoms with Crippen LogP contribution < -0.4 is 5.56 Å². The summed E-state index contributed by atoms with van der Waals surface area (Å²) in [5, 5.41) is 0.708. The van der Waals surface area contributed by atoms with Crippen LogP contribution in [-0.2, 0) is 6.54 Å². The van der Waals surface area contributed by atoms with Gasteiger partial charge < -0.3 is 19.4 Å². The van der Waals surface area contributed by atoms with Crippen molar-refractivity contribution < 1.29 is 4.79 Å². The average Bonchev–Trinajstić information content (AvgIpc) is 3.11. The number of rotatable bonds is 5. The van der Waals surface area contributed by atoms with Crippen molar-refractivity contribution >= 4 is 16.8 Å². The summed E-state index contributed by atoms with van der Waals surface area (Å²) in [4.78, 5) is 32.7. The number of aryl methyl sites for hydroxylation is 1. The standard InChI is InChI=1S/C19H26N4O2/c1-4-5-10-23-13-16(15-6-9-20-17(15)19(23)25)18(24)22-11-7-14(8-12-22)21(2)3/h4,6,9,13-14,20H,1,5,7-8,10-12H2,2-3H3. The maximum absolute atomic E-state index is 13.1. The molecule has 6 nitrogen and oxygen atoms in total. The number of amides is 1. The molecule has 0 aromatic carbocycles. The Labute approximate surface area is 147 Å². The lowest BCUT2D eigenvalue weighted by atomic mass is 10.0. The number of carbonyl (C=O) groups excluding carboxylic acids is 1. The third kappa shape index (κ3) is 3.39. The van der Waals surface area contributed by atoms with E-state index in [9.17, 15) is 9.59 Å². The van der Waals surface area contributed by atoms with Crippen LogP contribution in [0.2, 0.25) is 0 Å². The molecule has 1 amide bonds. The Morgan fingerprint density at radius 2 is 2.12 bits per heavy atom. The molecule has 6 heteroatoms. The molecular formula is C19H26N4O2. The second-order valence-electron chi connectivity index (χ2n) is 6.87. The highest BCUT2D eigenvalue weighted by molar-refractivity contribution is 6.05. The van der Waals surface area contributed by atoms with E-state index in [1.165, 1.54) is 0 Å². The van der Waals surface area contributed by atoms with Crippen LogP contribution in [0.4, 0.5) is 0 Å². The van der Waals surface area contributed by atoms with Crippen molar-refractivity contribution in [3.05, 3.63) is 47.0 Å². The van der Waals surface area contributed by atoms with E-state index in [0.29, 0.717) is 35.5 Å². The minimum Gasteiger partial charge on any atom is -0.357 e. The van der Waals surface area contributed by atoms with Gasteiger partial charge in [0.05, 0.1) is 5.56 Å². The number of nitrogens with one attached hydrogen (secondary N) is 1. The van der Waals surface area contributed by atoms with E-state index in [2.05, 4.69) is 30.6 Å². The molecule has 1 fully saturated rings. The van der Waals surface area contributed by atoms with Crippen LogP contribution in [0, 0.1) is 0 Å². The van der Waals surface area contributed by atoms with Gasteiger partial charge in [0.15, 0.2) is 0 Å². The summed E-state index contributed by atoms with van der Waals surface area (Å²) >= 11 is 0. The molecule has 0 radical (unpaired) electrons. The maximum atomic E-state index is 13.1. The zero-order chi connectivity index (χ0) is 18.0. The fourth-order valence-corrected chi connectivity index (χ4v) is 3.52. The van der Waals surface area contributed by atoms with Gasteiger partial charge in [-0.05, 0) is 39.4 Å². The SMILES string of the molecule is C=CCCn1cc(C(=O)N2CCC(N(C)C)CC2)c2cc[nH]c2c1=O. The van der Waals surface area contributed by atoms with Crippen molar-refractivity contribution in [2.24, 2.45) is 0 Å². The van der Waals surface area contributed by atoms with Crippen LogP contribution in [0.25, 0.3) is 10.9 Å². The van der Waals surface area contributed by atoms with E-state index in [-0.39, 0.29) is 11.5 Å². The summed E-state index contributed by atoms with van der Waals surface area (Å²) in [6, 6.07) is 2.34. The van der Waals surface area contributed by atoms with E-state index in [1.54, 1.807) is 23.0 Å². The van der Waals surface area contributed by atoms with Crippen LogP contribution in [-0.4, -0.2) is 58.5 Å². The summed E-state index contributed by atoms with van der Waals surface area (Å²) < 4.78 is 1.61. The number of piperidine rings is 1. The van der Waals surface area contributed by atoms with Crippen molar-refractivity contribution in [1.29, 1.82) is 0 Å². The van der Waals surface area contributed by atoms with E-state index >= 15 is 0 Å². The molecule has 3 heterocycles. The Morgan fingerprint density at radius 3 is 2.76 bits per heavy atom. The number of hydrogen-bond acceptors (Lipinski definition) is 3. The van der Waals surface area contributed by atoms with Crippen molar-refractivity contribution in [3.8, 4) is 0 Å². The van der Waals surface area contributed by atoms with Crippen LogP contribution in [0.15, 0.2) is 35.9 Å². The molecular weight excluding hydrogens is 316 g/mol. The smallest absolute Gasteiger partial charge is 0.274 e. The number of pyridine rings is 1. The molecule has 3 rings (SSSR count). The quantitative estimate of drug-likeness (QED) is 0.846. The summed E-state index contributed by atoms with van der Waals surface area (Å²) in [6.45, 7) is 5.73. The zero-order valence-electron chi connectivity index (χ0n) is 15.0. The van der Waals surface area contributed by atoms with E-state index in [4.69, 9.17) is 0 Å². The van der Waals surface area contributed by atoms with Crippen LogP contribution in [0.3, 0.4) is 0 Å². The Bertz CT molecular complexity index is 826. The molecule has 1 saturated heterocycles. The maximum Gasteiger partial charge on any atom is 0.274 e. The van der Waals surface area contributed by atoms with Gasteiger partial charge in [0, 0.05) is 43.5 Å². The third-order valence-corrected chi connectivity index (χ3v) is 5.08. The lowest BCUT2D eigenvalue weighted by molar-refractivity contribution is 0.0664. The zero-order valence-corrected chi connectivity index (χ0v) is 15.0. The fraction of sp³-hybridized carbons (Fsp3) is 0.474. The first-order valence-electron chi connectivity index (χ1n) is 8.80. The Kier molecular flexibility index (Phi) is 5.08. The number of H-pyrrole nitrogens is 1. The van der Waals surface area contributed by atoms with E-state index < -0.39 is 0 Å². The van der Waals surface area contributed by atoms with Gasteiger partial charge in [-0.1, -0.05) is 6.08 Å². The Balaban J connectivity index is 1.91. The second kappa shape index (κ2) is 7.27. The van der Waals surface area contributed by atoms with Gasteiger partial charge in [-0.15, -0.1) is 6.58 Å². The van der Waals surface area contributed by atoms with Crippen molar-refractivity contribution in [2.75, 3.05) is 27.2 Å². The predicted octanol–water partition coefficient (Wildman–Crippen LogP) is 2.07. The highest BCUT2D eigenvalue weighted by Crippen LogP contribution is 2.20. The summed E-state index contributed by atoms with van der Waals surface area (Å²) in [7, 11) is 4.17. The molecule has 25 heavy (non-hydrogen) atoms. The molecule has 2 aromatic rings. The Morgan fingerprint density at radius 1 is 1.40 bits per heavy atom. The predicted molar refractivity (Wildman–Crippen MR) is 100.0 cm³/mol. The lowest BCUT2D eigenvalue weighted by Gasteiger charge is -2.35. The second-order valence-corrected chi connectivity index (χ2v) is 6.87. The van der Waals surface area contributed by atoms with Crippen LogP contribution >= 0.6 is 0 Å². The minimum atomic E-state index is -0.0929. The van der Waals surface area contributed by atoms with Gasteiger partial charge in [-0.2, -0.15) is 0 Å². The number of nitrogens with zero attached hydrogens (tertiary/aromatic N) is 3. The number of aromatic amines is 1. The van der Waals surface area contributed by atoms with E-state index in [1.807, 2.05) is 11.0 Å². The fourth-order valence-electron chi connectivity index (χ4n) is 3.52. The first-order valence-corrected chi connectivity index (χ1v) is 8.80. The summed E-state index contributed by atoms with van der Waals surface area (Å²) in [6.07, 6.45) is 7.85. The first kappa shape index (κ1) is 17.5. The van der Waals surface area contributed by atoms with Gasteiger partial charge in [-0.25, -0.2) is 0 Å². The van der Waals surface area contributed by atoms with Gasteiger partial charge >= 0.3 is 0 Å². The highest BCUT2D eigenvalue weighted by atomic mass is 16.2. The van der Waals surface area contributed by atoms with E-state index in [0.717, 1.165) is 25.9 Å². The largest absolute Gasteiger partial charge is 0.357 e. The molecule has 0 bridgehead atoms. The molecule has 1 aliphatic rings. The van der Waals surface area contributed by atoms with Gasteiger partial charge in [0.25, 0.3) is 11.5 Å². The molecule has 0 spiro atoms. The number of aromatic nitrogens is 2. The molecule has 0 aliphatic carbocycles. The van der Waals surface area contributed by atoms with Crippen LogP contribution in [0.1, 0.15) is 29.6 Å². The number of fused-ring (bicyclic) bond motifs is 1. The molecule has 0 saturated carbocycles. The molecule has 0 atom stereocenters. The number of carbonyl (C=O) groups is 1. The summed E-state index contributed by atoms with van der Waals surface area (Å²) in [5.41, 5.74) is 1.01. The molecule has 1 aliphatic heterocycles. The van der Waals surface area contributed by atoms with Gasteiger partial charge in [0.1, 0.15) is 5.52 Å². The van der Waals surface area contributed by atoms with Crippen molar-refractivity contribution in [3.63, 3.8) is 0 Å².